The summed E-state index contributed by atoms with van der Waals surface area (Å²) in [7, 11) is 0. The summed E-state index contributed by atoms with van der Waals surface area (Å²) in [5.74, 6) is -1.08. The number of nitrogens with zero attached hydrogens (tertiary/aromatic N) is 2. The Morgan fingerprint density at radius 3 is 2.56 bits per heavy atom. The Hall–Kier alpha value is -2.70. The Morgan fingerprint density at radius 2 is 1.92 bits per heavy atom. The molecule has 0 aliphatic carbocycles. The van der Waals surface area contributed by atoms with Gasteiger partial charge in [-0.3, -0.25) is 9.59 Å². The summed E-state index contributed by atoms with van der Waals surface area (Å²) in [5.41, 5.74) is -0.232. The van der Waals surface area contributed by atoms with Gasteiger partial charge in [-0.1, -0.05) is 31.5 Å². The van der Waals surface area contributed by atoms with Gasteiger partial charge in [-0.25, -0.2) is 9.48 Å². The molecule has 0 aliphatic rings. The summed E-state index contributed by atoms with van der Waals surface area (Å²) in [6.07, 6.45) is 1.83. The summed E-state index contributed by atoms with van der Waals surface area (Å²) in [6.45, 7) is 5.80. The molecule has 1 aromatic carbocycles. The number of unbranched alkanes of at least 4 members (excludes halogenated alkanes) is 1. The Kier molecular flexibility index (Phi) is 6.27. The van der Waals surface area contributed by atoms with Crippen molar-refractivity contribution < 1.29 is 14.3 Å². The SMILES string of the molecule is CCCCNC(=O)COC(=O)c1nn(C(C)C)c(=O)c2ccccc12. The first kappa shape index (κ1) is 18.6. The minimum Gasteiger partial charge on any atom is -0.451 e. The summed E-state index contributed by atoms with van der Waals surface area (Å²) in [6, 6.07) is 6.53. The molecule has 0 aliphatic heterocycles. The molecule has 0 spiro atoms. The topological polar surface area (TPSA) is 90.3 Å². The first-order valence-electron chi connectivity index (χ1n) is 8.41. The first-order valence-corrected chi connectivity index (χ1v) is 8.41. The van der Waals surface area contributed by atoms with Crippen molar-refractivity contribution in [2.24, 2.45) is 0 Å². The zero-order valence-electron chi connectivity index (χ0n) is 14.7. The van der Waals surface area contributed by atoms with Gasteiger partial charge in [0.1, 0.15) is 0 Å². The van der Waals surface area contributed by atoms with Crippen molar-refractivity contribution in [2.45, 2.75) is 39.7 Å². The maximum absolute atomic E-state index is 12.4. The van der Waals surface area contributed by atoms with Crippen molar-refractivity contribution in [1.82, 2.24) is 15.1 Å². The molecular formula is C18H23N3O4. The van der Waals surface area contributed by atoms with Crippen molar-refractivity contribution >= 4 is 22.6 Å². The largest absolute Gasteiger partial charge is 0.451 e. The van der Waals surface area contributed by atoms with Crippen LogP contribution in [0.3, 0.4) is 0 Å². The molecule has 0 bridgehead atoms. The number of benzene rings is 1. The highest BCUT2D eigenvalue weighted by Crippen LogP contribution is 2.15. The lowest BCUT2D eigenvalue weighted by Crippen LogP contribution is -2.31. The molecule has 0 fully saturated rings. The lowest BCUT2D eigenvalue weighted by molar-refractivity contribution is -0.124. The molecule has 7 nitrogen and oxygen atoms in total. The average Bonchev–Trinajstić information content (AvgIpc) is 2.60. The van der Waals surface area contributed by atoms with Crippen LogP contribution in [0.25, 0.3) is 10.8 Å². The summed E-state index contributed by atoms with van der Waals surface area (Å²) in [5, 5.41) is 7.64. The molecule has 134 valence electrons. The van der Waals surface area contributed by atoms with Crippen LogP contribution in [0, 0.1) is 0 Å². The number of rotatable bonds is 7. The number of hydrogen-bond acceptors (Lipinski definition) is 5. The number of nitrogens with one attached hydrogen (secondary N) is 1. The fourth-order valence-electron chi connectivity index (χ4n) is 2.36. The van der Waals surface area contributed by atoms with Gasteiger partial charge in [-0.05, 0) is 26.3 Å². The second-order valence-corrected chi connectivity index (χ2v) is 6.02. The lowest BCUT2D eigenvalue weighted by Gasteiger charge is -2.13. The molecule has 0 saturated heterocycles. The van der Waals surface area contributed by atoms with Crippen LogP contribution >= 0.6 is 0 Å². The van der Waals surface area contributed by atoms with Gasteiger partial charge >= 0.3 is 5.97 Å². The van der Waals surface area contributed by atoms with Gasteiger partial charge in [0.25, 0.3) is 11.5 Å². The van der Waals surface area contributed by atoms with Gasteiger partial charge in [0.2, 0.25) is 0 Å². The number of amides is 1. The van der Waals surface area contributed by atoms with E-state index in [4.69, 9.17) is 4.74 Å². The monoisotopic (exact) mass is 345 g/mol. The number of aromatic nitrogens is 2. The number of carbonyl (C=O) groups excluding carboxylic acids is 2. The minimum absolute atomic E-state index is 0.0326. The Labute approximate surface area is 146 Å². The third-order valence-corrected chi connectivity index (χ3v) is 3.70. The molecule has 2 aromatic rings. The molecule has 1 aromatic heterocycles. The Morgan fingerprint density at radius 1 is 1.24 bits per heavy atom. The van der Waals surface area contributed by atoms with Crippen molar-refractivity contribution in [3.05, 3.63) is 40.3 Å². The third-order valence-electron chi connectivity index (χ3n) is 3.70. The van der Waals surface area contributed by atoms with Gasteiger partial charge in [-0.2, -0.15) is 5.10 Å². The van der Waals surface area contributed by atoms with E-state index < -0.39 is 5.97 Å². The Bertz CT molecular complexity index is 827. The molecule has 0 unspecified atom stereocenters. The second kappa shape index (κ2) is 8.41. The molecule has 25 heavy (non-hydrogen) atoms. The lowest BCUT2D eigenvalue weighted by atomic mass is 10.1. The predicted octanol–water partition coefficient (Wildman–Crippen LogP) is 2.05. The summed E-state index contributed by atoms with van der Waals surface area (Å²) >= 11 is 0. The molecule has 1 N–H and O–H groups in total. The number of hydrogen-bond donors (Lipinski definition) is 1. The van der Waals surface area contributed by atoms with Gasteiger partial charge in [-0.15, -0.1) is 0 Å². The van der Waals surface area contributed by atoms with E-state index in [1.807, 2.05) is 6.92 Å². The number of carbonyl (C=O) groups is 2. The number of ether oxygens (including phenoxy) is 1. The fraction of sp³-hybridized carbons (Fsp3) is 0.444. The fourth-order valence-corrected chi connectivity index (χ4v) is 2.36. The predicted molar refractivity (Wildman–Crippen MR) is 94.6 cm³/mol. The van der Waals surface area contributed by atoms with E-state index in [0.29, 0.717) is 17.3 Å². The van der Waals surface area contributed by atoms with Gasteiger partial charge < -0.3 is 10.1 Å². The van der Waals surface area contributed by atoms with Crippen LogP contribution in [0.5, 0.6) is 0 Å². The molecule has 7 heteroatoms. The van der Waals surface area contributed by atoms with Crippen LogP contribution in [0.15, 0.2) is 29.1 Å². The van der Waals surface area contributed by atoms with E-state index in [2.05, 4.69) is 10.4 Å². The maximum Gasteiger partial charge on any atom is 0.359 e. The van der Waals surface area contributed by atoms with Crippen LogP contribution in [0.1, 0.15) is 50.1 Å². The number of fused-ring (bicyclic) bond motifs is 1. The first-order chi connectivity index (χ1) is 12.0. The second-order valence-electron chi connectivity index (χ2n) is 6.02. The quantitative estimate of drug-likeness (QED) is 0.613. The van der Waals surface area contributed by atoms with Crippen LogP contribution in [0.2, 0.25) is 0 Å². The Balaban J connectivity index is 2.24. The highest BCUT2D eigenvalue weighted by atomic mass is 16.5. The van der Waals surface area contributed by atoms with E-state index in [1.54, 1.807) is 38.1 Å². The highest BCUT2D eigenvalue weighted by molar-refractivity contribution is 6.02. The molecule has 2 rings (SSSR count). The molecular weight excluding hydrogens is 322 g/mol. The molecule has 1 heterocycles. The zero-order chi connectivity index (χ0) is 18.4. The standard InChI is InChI=1S/C18H23N3O4/c1-4-5-10-19-15(22)11-25-18(24)16-13-8-6-7-9-14(13)17(23)21(20-16)12(2)3/h6-9,12H,4-5,10-11H2,1-3H3,(H,19,22). The van der Waals surface area contributed by atoms with Crippen molar-refractivity contribution in [1.29, 1.82) is 0 Å². The van der Waals surface area contributed by atoms with Crippen LogP contribution in [-0.4, -0.2) is 34.8 Å². The minimum atomic E-state index is -0.726. The molecule has 0 saturated carbocycles. The van der Waals surface area contributed by atoms with Gasteiger partial charge in [0.15, 0.2) is 12.3 Å². The van der Waals surface area contributed by atoms with Crippen LogP contribution in [-0.2, 0) is 9.53 Å². The average molecular weight is 345 g/mol. The highest BCUT2D eigenvalue weighted by Gasteiger charge is 2.19. The van der Waals surface area contributed by atoms with Crippen LogP contribution < -0.4 is 10.9 Å². The zero-order valence-corrected chi connectivity index (χ0v) is 14.7. The van der Waals surface area contributed by atoms with E-state index >= 15 is 0 Å². The smallest absolute Gasteiger partial charge is 0.359 e. The molecule has 1 amide bonds. The van der Waals surface area contributed by atoms with Crippen molar-refractivity contribution in [2.75, 3.05) is 13.2 Å². The van der Waals surface area contributed by atoms with E-state index in [9.17, 15) is 14.4 Å². The third kappa shape index (κ3) is 4.43. The summed E-state index contributed by atoms with van der Waals surface area (Å²) in [4.78, 5) is 36.5. The van der Waals surface area contributed by atoms with Gasteiger partial charge in [0, 0.05) is 11.9 Å². The van der Waals surface area contributed by atoms with E-state index in [-0.39, 0.29) is 29.8 Å². The van der Waals surface area contributed by atoms with E-state index in [0.717, 1.165) is 12.8 Å². The van der Waals surface area contributed by atoms with Crippen LogP contribution in [0.4, 0.5) is 0 Å². The summed E-state index contributed by atoms with van der Waals surface area (Å²) < 4.78 is 6.32. The van der Waals surface area contributed by atoms with Crippen molar-refractivity contribution in [3.8, 4) is 0 Å². The number of esters is 1. The van der Waals surface area contributed by atoms with E-state index in [1.165, 1.54) is 4.68 Å². The van der Waals surface area contributed by atoms with Crippen molar-refractivity contribution in [3.63, 3.8) is 0 Å². The normalized spacial score (nSPS) is 10.9. The molecule has 0 atom stereocenters. The van der Waals surface area contributed by atoms with Gasteiger partial charge in [0.05, 0.1) is 11.4 Å². The maximum atomic E-state index is 12.4. The molecule has 0 radical (unpaired) electrons.